The molecule has 0 unspecified atom stereocenters. The molecule has 0 fully saturated rings. The van der Waals surface area contributed by atoms with E-state index in [-0.39, 0.29) is 21.5 Å². The summed E-state index contributed by atoms with van der Waals surface area (Å²) in [6.45, 7) is 0. The number of benzene rings is 2. The van der Waals surface area contributed by atoms with Gasteiger partial charge >= 0.3 is 7.69 Å². The average Bonchev–Trinajstić information content (AvgIpc) is 2.34. The number of hydrogen-bond acceptors (Lipinski definition) is 2. The SMILES string of the molecule is Fc1ccc(O[B]Oc2ccc(F)cc2Cl)c(Cl)c1. The Labute approximate surface area is 119 Å². The molecule has 19 heavy (non-hydrogen) atoms. The predicted octanol–water partition coefficient (Wildman–Crippen LogP) is 4.26. The second kappa shape index (κ2) is 6.13. The number of rotatable bonds is 4. The van der Waals surface area contributed by atoms with Crippen molar-refractivity contribution < 1.29 is 18.1 Å². The van der Waals surface area contributed by atoms with Gasteiger partial charge in [-0.05, 0) is 36.4 Å². The lowest BCUT2D eigenvalue weighted by atomic mass is 10.3. The predicted molar refractivity (Wildman–Crippen MR) is 69.8 cm³/mol. The van der Waals surface area contributed by atoms with Crippen LogP contribution in [0.25, 0.3) is 0 Å². The maximum atomic E-state index is 12.8. The van der Waals surface area contributed by atoms with Crippen LogP contribution in [-0.2, 0) is 0 Å². The zero-order valence-corrected chi connectivity index (χ0v) is 10.9. The highest BCUT2D eigenvalue weighted by atomic mass is 35.5. The Bertz CT molecular complexity index is 544. The average molecular weight is 302 g/mol. The molecule has 0 heterocycles. The van der Waals surface area contributed by atoms with Crippen LogP contribution in [0.5, 0.6) is 11.5 Å². The first kappa shape index (κ1) is 14.0. The molecule has 0 N–H and O–H groups in total. The topological polar surface area (TPSA) is 18.5 Å². The van der Waals surface area contributed by atoms with E-state index < -0.39 is 11.6 Å². The Morgan fingerprint density at radius 2 is 1.21 bits per heavy atom. The molecule has 0 aliphatic carbocycles. The van der Waals surface area contributed by atoms with E-state index in [1.54, 1.807) is 0 Å². The van der Waals surface area contributed by atoms with Crippen molar-refractivity contribution in [2.45, 2.75) is 0 Å². The fraction of sp³-hybridized carbons (Fsp3) is 0. The molecule has 0 saturated heterocycles. The molecule has 2 rings (SSSR count). The molecule has 0 spiro atoms. The lowest BCUT2D eigenvalue weighted by Crippen LogP contribution is -2.11. The Balaban J connectivity index is 1.96. The minimum absolute atomic E-state index is 0.102. The van der Waals surface area contributed by atoms with E-state index >= 15 is 0 Å². The highest BCUT2D eigenvalue weighted by molar-refractivity contribution is 6.33. The van der Waals surface area contributed by atoms with Gasteiger partial charge in [0.1, 0.15) is 23.1 Å². The van der Waals surface area contributed by atoms with Gasteiger partial charge in [0, 0.05) is 0 Å². The maximum Gasteiger partial charge on any atom is 0.658 e. The van der Waals surface area contributed by atoms with Gasteiger partial charge < -0.3 is 9.31 Å². The van der Waals surface area contributed by atoms with Gasteiger partial charge in [0.15, 0.2) is 0 Å². The zero-order valence-electron chi connectivity index (χ0n) is 9.37. The third kappa shape index (κ3) is 3.75. The van der Waals surface area contributed by atoms with Gasteiger partial charge in [-0.2, -0.15) is 0 Å². The van der Waals surface area contributed by atoms with E-state index in [9.17, 15) is 8.78 Å². The summed E-state index contributed by atoms with van der Waals surface area (Å²) < 4.78 is 35.7. The summed E-state index contributed by atoms with van der Waals surface area (Å²) in [5, 5.41) is 0.204. The van der Waals surface area contributed by atoms with Crippen LogP contribution in [0.1, 0.15) is 0 Å². The fourth-order valence-corrected chi connectivity index (χ4v) is 1.69. The summed E-state index contributed by atoms with van der Waals surface area (Å²) in [5.41, 5.74) is 0. The van der Waals surface area contributed by atoms with Crippen molar-refractivity contribution in [3.8, 4) is 11.5 Å². The standard InChI is InChI=1S/C12H6BCl2F2O2/c14-9-5-7(16)1-3-11(9)18-13-19-12-4-2-8(17)6-10(12)15/h1-6H. The van der Waals surface area contributed by atoms with Crippen LogP contribution in [0.2, 0.25) is 10.0 Å². The molecule has 2 aromatic rings. The first-order valence-corrected chi connectivity index (χ1v) is 5.87. The molecule has 0 atom stereocenters. The van der Waals surface area contributed by atoms with Crippen molar-refractivity contribution in [2.24, 2.45) is 0 Å². The number of hydrogen-bond donors (Lipinski definition) is 0. The minimum atomic E-state index is -0.472. The highest BCUT2D eigenvalue weighted by Crippen LogP contribution is 2.26. The van der Waals surface area contributed by atoms with Crippen LogP contribution in [0, 0.1) is 11.6 Å². The van der Waals surface area contributed by atoms with Gasteiger partial charge in [-0.15, -0.1) is 0 Å². The molecular formula is C12H6BCl2F2O2. The molecule has 2 aromatic carbocycles. The molecule has 0 aliphatic rings. The number of halogens is 4. The summed E-state index contributed by atoms with van der Waals surface area (Å²) in [4.78, 5) is 0. The van der Waals surface area contributed by atoms with Crippen molar-refractivity contribution in [1.82, 2.24) is 0 Å². The lowest BCUT2D eigenvalue weighted by Gasteiger charge is -2.09. The third-order valence-electron chi connectivity index (χ3n) is 2.14. The molecule has 7 heteroatoms. The van der Waals surface area contributed by atoms with E-state index in [1.807, 2.05) is 0 Å². The van der Waals surface area contributed by atoms with Crippen LogP contribution in [-0.4, -0.2) is 7.69 Å². The largest absolute Gasteiger partial charge is 0.658 e. The van der Waals surface area contributed by atoms with Crippen LogP contribution in [0.15, 0.2) is 36.4 Å². The van der Waals surface area contributed by atoms with Crippen molar-refractivity contribution in [3.63, 3.8) is 0 Å². The van der Waals surface area contributed by atoms with Gasteiger partial charge in [0.25, 0.3) is 0 Å². The molecule has 2 nitrogen and oxygen atoms in total. The van der Waals surface area contributed by atoms with Gasteiger partial charge in [-0.3, -0.25) is 0 Å². The summed E-state index contributed by atoms with van der Waals surface area (Å²) >= 11 is 11.5. The molecule has 0 aliphatic heterocycles. The van der Waals surface area contributed by atoms with Gasteiger partial charge in [0.05, 0.1) is 10.0 Å². The second-order valence-corrected chi connectivity index (χ2v) is 4.30. The summed E-state index contributed by atoms with van der Waals surface area (Å²) in [7, 11) is 0.970. The van der Waals surface area contributed by atoms with Crippen LogP contribution in [0.3, 0.4) is 0 Å². The minimum Gasteiger partial charge on any atom is -0.525 e. The van der Waals surface area contributed by atoms with Crippen molar-refractivity contribution in [3.05, 3.63) is 58.1 Å². The van der Waals surface area contributed by atoms with E-state index in [0.29, 0.717) is 0 Å². The highest BCUT2D eigenvalue weighted by Gasteiger charge is 2.09. The Morgan fingerprint density at radius 1 is 0.789 bits per heavy atom. The van der Waals surface area contributed by atoms with Crippen molar-refractivity contribution >= 4 is 30.9 Å². The molecule has 0 bridgehead atoms. The van der Waals surface area contributed by atoms with E-state index in [2.05, 4.69) is 0 Å². The summed E-state index contributed by atoms with van der Waals surface area (Å²) in [6, 6.07) is 7.30. The lowest BCUT2D eigenvalue weighted by molar-refractivity contribution is 0.457. The van der Waals surface area contributed by atoms with Gasteiger partial charge in [-0.1, -0.05) is 23.2 Å². The Hall–Kier alpha value is -1.46. The zero-order chi connectivity index (χ0) is 13.8. The van der Waals surface area contributed by atoms with Crippen LogP contribution >= 0.6 is 23.2 Å². The quantitative estimate of drug-likeness (QED) is 0.786. The molecular weight excluding hydrogens is 296 g/mol. The normalized spacial score (nSPS) is 10.1. The van der Waals surface area contributed by atoms with E-state index in [4.69, 9.17) is 32.5 Å². The molecule has 1 radical (unpaired) electrons. The van der Waals surface area contributed by atoms with E-state index in [0.717, 1.165) is 19.8 Å². The Kier molecular flexibility index (Phi) is 4.50. The first-order valence-electron chi connectivity index (χ1n) is 5.11. The molecule has 0 aromatic heterocycles. The summed E-state index contributed by atoms with van der Waals surface area (Å²) in [5.74, 6) is -0.498. The smallest absolute Gasteiger partial charge is 0.525 e. The van der Waals surface area contributed by atoms with Crippen molar-refractivity contribution in [2.75, 3.05) is 0 Å². The molecule has 0 saturated carbocycles. The monoisotopic (exact) mass is 301 g/mol. The van der Waals surface area contributed by atoms with Gasteiger partial charge in [-0.25, -0.2) is 8.78 Å². The second-order valence-electron chi connectivity index (χ2n) is 3.48. The molecule has 0 amide bonds. The van der Waals surface area contributed by atoms with Crippen molar-refractivity contribution in [1.29, 1.82) is 0 Å². The fourth-order valence-electron chi connectivity index (χ4n) is 1.27. The van der Waals surface area contributed by atoms with Crippen LogP contribution in [0.4, 0.5) is 8.78 Å². The first-order chi connectivity index (χ1) is 9.06. The van der Waals surface area contributed by atoms with Gasteiger partial charge in [0.2, 0.25) is 0 Å². The van der Waals surface area contributed by atoms with E-state index in [1.165, 1.54) is 24.3 Å². The maximum absolute atomic E-state index is 12.8. The third-order valence-corrected chi connectivity index (χ3v) is 2.73. The molecule has 97 valence electrons. The van der Waals surface area contributed by atoms with Crippen LogP contribution < -0.4 is 9.31 Å². The Morgan fingerprint density at radius 3 is 1.58 bits per heavy atom. The summed E-state index contributed by atoms with van der Waals surface area (Å²) in [6.07, 6.45) is 0.